The number of hydrogen-bond acceptors (Lipinski definition) is 0. The van der Waals surface area contributed by atoms with Gasteiger partial charge in [0, 0.05) is 0 Å². The molecule has 0 aromatic heterocycles. The normalized spacial score (nSPS) is 10.8. The minimum absolute atomic E-state index is 0.0660. The first-order valence-electron chi connectivity index (χ1n) is 8.87. The Kier molecular flexibility index (Phi) is 8.10. The molecule has 0 saturated heterocycles. The van der Waals surface area contributed by atoms with Crippen LogP contribution in [0, 0.1) is 11.6 Å². The van der Waals surface area contributed by atoms with Crippen LogP contribution in [-0.4, -0.2) is 0 Å². The lowest BCUT2D eigenvalue weighted by molar-refractivity contribution is 0.605. The molecular weight excluding hydrogens is 302 g/mol. The van der Waals surface area contributed by atoms with Gasteiger partial charge in [0.05, 0.1) is 0 Å². The number of rotatable bonds is 4. The van der Waals surface area contributed by atoms with Crippen LogP contribution >= 0.6 is 0 Å². The lowest BCUT2D eigenvalue weighted by Gasteiger charge is -2.11. The van der Waals surface area contributed by atoms with E-state index >= 15 is 0 Å². The predicted molar refractivity (Wildman–Crippen MR) is 99.7 cm³/mol. The predicted octanol–water partition coefficient (Wildman–Crippen LogP) is 7.02. The maximum atomic E-state index is 13.2. The first-order valence-corrected chi connectivity index (χ1v) is 8.87. The van der Waals surface area contributed by atoms with Crippen LogP contribution in [0.3, 0.4) is 0 Å². The van der Waals surface area contributed by atoms with Crippen molar-refractivity contribution < 1.29 is 8.78 Å². The SMILES string of the molecule is CCc1c(F)cccc1C(C)C.CCc1ccc(C(C)C)cc1F. The van der Waals surface area contributed by atoms with Crippen LogP contribution in [0.25, 0.3) is 0 Å². The van der Waals surface area contributed by atoms with E-state index in [1.165, 1.54) is 6.07 Å². The van der Waals surface area contributed by atoms with Gasteiger partial charge in [-0.2, -0.15) is 0 Å². The fraction of sp³-hybridized carbons (Fsp3) is 0.455. The Morgan fingerprint density at radius 2 is 1.46 bits per heavy atom. The molecule has 0 spiro atoms. The molecule has 132 valence electrons. The Morgan fingerprint density at radius 1 is 0.792 bits per heavy atom. The Hall–Kier alpha value is -1.70. The summed E-state index contributed by atoms with van der Waals surface area (Å²) >= 11 is 0. The number of benzene rings is 2. The molecular formula is C22H30F2. The summed E-state index contributed by atoms with van der Waals surface area (Å²) in [6.07, 6.45) is 1.55. The van der Waals surface area contributed by atoms with Crippen molar-refractivity contribution in [2.75, 3.05) is 0 Å². The molecule has 0 amide bonds. The van der Waals surface area contributed by atoms with Crippen molar-refractivity contribution in [3.63, 3.8) is 0 Å². The maximum Gasteiger partial charge on any atom is 0.126 e. The third-order valence-electron chi connectivity index (χ3n) is 4.26. The summed E-state index contributed by atoms with van der Waals surface area (Å²) in [5.41, 5.74) is 3.88. The van der Waals surface area contributed by atoms with Gasteiger partial charge >= 0.3 is 0 Å². The highest BCUT2D eigenvalue weighted by atomic mass is 19.1. The average molecular weight is 332 g/mol. The van der Waals surface area contributed by atoms with Gasteiger partial charge in [0.1, 0.15) is 11.6 Å². The molecule has 0 aliphatic carbocycles. The van der Waals surface area contributed by atoms with Crippen LogP contribution in [0.1, 0.15) is 75.6 Å². The van der Waals surface area contributed by atoms with Gasteiger partial charge in [-0.15, -0.1) is 0 Å². The second-order valence-corrected chi connectivity index (χ2v) is 6.67. The van der Waals surface area contributed by atoms with Crippen molar-refractivity contribution in [1.29, 1.82) is 0 Å². The van der Waals surface area contributed by atoms with E-state index in [1.54, 1.807) is 12.1 Å². The van der Waals surface area contributed by atoms with Gasteiger partial charge in [-0.3, -0.25) is 0 Å². The molecule has 0 radical (unpaired) electrons. The van der Waals surface area contributed by atoms with Crippen LogP contribution in [0.4, 0.5) is 8.78 Å². The van der Waals surface area contributed by atoms with Crippen molar-refractivity contribution in [3.8, 4) is 0 Å². The van der Waals surface area contributed by atoms with E-state index in [9.17, 15) is 8.78 Å². The Labute approximate surface area is 145 Å². The Morgan fingerprint density at radius 3 is 1.88 bits per heavy atom. The van der Waals surface area contributed by atoms with Gasteiger partial charge in [-0.05, 0) is 59.1 Å². The molecule has 0 heterocycles. The third-order valence-corrected chi connectivity index (χ3v) is 4.26. The zero-order valence-corrected chi connectivity index (χ0v) is 15.8. The van der Waals surface area contributed by atoms with Gasteiger partial charge in [0.25, 0.3) is 0 Å². The summed E-state index contributed by atoms with van der Waals surface area (Å²) < 4.78 is 26.4. The molecule has 0 unspecified atom stereocenters. The Balaban J connectivity index is 0.000000240. The molecule has 0 N–H and O–H groups in total. The fourth-order valence-corrected chi connectivity index (χ4v) is 2.70. The molecule has 0 atom stereocenters. The molecule has 0 bridgehead atoms. The third kappa shape index (κ3) is 5.43. The van der Waals surface area contributed by atoms with Gasteiger partial charge < -0.3 is 0 Å². The van der Waals surface area contributed by atoms with E-state index in [4.69, 9.17) is 0 Å². The number of hydrogen-bond donors (Lipinski definition) is 0. The van der Waals surface area contributed by atoms with Gasteiger partial charge in [-0.1, -0.05) is 65.8 Å². The smallest absolute Gasteiger partial charge is 0.126 e. The first-order chi connectivity index (χ1) is 11.3. The zero-order valence-electron chi connectivity index (χ0n) is 15.8. The van der Waals surface area contributed by atoms with Crippen LogP contribution < -0.4 is 0 Å². The first kappa shape index (κ1) is 20.3. The molecule has 2 rings (SSSR count). The summed E-state index contributed by atoms with van der Waals surface area (Å²) in [7, 11) is 0. The monoisotopic (exact) mass is 332 g/mol. The van der Waals surface area contributed by atoms with Crippen molar-refractivity contribution in [3.05, 3.63) is 70.3 Å². The largest absolute Gasteiger partial charge is 0.207 e. The van der Waals surface area contributed by atoms with Crippen molar-refractivity contribution in [1.82, 2.24) is 0 Å². The summed E-state index contributed by atoms with van der Waals surface area (Å²) in [6, 6.07) is 10.8. The second-order valence-electron chi connectivity index (χ2n) is 6.67. The van der Waals surface area contributed by atoms with Gasteiger partial charge in [-0.25, -0.2) is 8.78 Å². The molecule has 0 aliphatic rings. The quantitative estimate of drug-likeness (QED) is 0.564. The van der Waals surface area contributed by atoms with Gasteiger partial charge in [0.2, 0.25) is 0 Å². The van der Waals surface area contributed by atoms with Crippen LogP contribution in [0.2, 0.25) is 0 Å². The van der Waals surface area contributed by atoms with E-state index in [0.29, 0.717) is 11.8 Å². The van der Waals surface area contributed by atoms with E-state index < -0.39 is 0 Å². The summed E-state index contributed by atoms with van der Waals surface area (Å²) in [5.74, 6) is 0.688. The average Bonchev–Trinajstić information content (AvgIpc) is 2.54. The summed E-state index contributed by atoms with van der Waals surface area (Å²) in [4.78, 5) is 0. The number of halogens is 2. The van der Waals surface area contributed by atoms with E-state index in [1.807, 2.05) is 32.0 Å². The topological polar surface area (TPSA) is 0 Å². The molecule has 2 heteroatoms. The molecule has 0 saturated carbocycles. The fourth-order valence-electron chi connectivity index (χ4n) is 2.70. The van der Waals surface area contributed by atoms with Crippen molar-refractivity contribution in [2.24, 2.45) is 0 Å². The van der Waals surface area contributed by atoms with Gasteiger partial charge in [0.15, 0.2) is 0 Å². The van der Waals surface area contributed by atoms with Crippen LogP contribution in [-0.2, 0) is 12.8 Å². The minimum Gasteiger partial charge on any atom is -0.207 e. The summed E-state index contributed by atoms with van der Waals surface area (Å²) in [6.45, 7) is 12.3. The van der Waals surface area contributed by atoms with E-state index in [-0.39, 0.29) is 11.6 Å². The highest BCUT2D eigenvalue weighted by Gasteiger charge is 2.08. The minimum atomic E-state index is -0.0660. The van der Waals surface area contributed by atoms with E-state index in [0.717, 1.165) is 35.1 Å². The molecule has 0 fully saturated rings. The highest BCUT2D eigenvalue weighted by molar-refractivity contribution is 5.31. The molecule has 0 nitrogen and oxygen atoms in total. The summed E-state index contributed by atoms with van der Waals surface area (Å²) in [5, 5.41) is 0. The standard InChI is InChI=1S/2C11H15F/c1-4-9-5-6-10(8(2)3)7-11(9)12;1-4-9-10(8(2)3)6-5-7-11(9)12/h2*5-8H,4H2,1-3H3. The molecule has 24 heavy (non-hydrogen) atoms. The molecule has 0 aliphatic heterocycles. The molecule has 2 aromatic rings. The number of aryl methyl sites for hydroxylation is 1. The highest BCUT2D eigenvalue weighted by Crippen LogP contribution is 2.22. The second kappa shape index (κ2) is 9.56. The maximum absolute atomic E-state index is 13.2. The van der Waals surface area contributed by atoms with E-state index in [2.05, 4.69) is 27.7 Å². The Bertz CT molecular complexity index is 642. The van der Waals surface area contributed by atoms with Crippen LogP contribution in [0.5, 0.6) is 0 Å². The molecule has 2 aromatic carbocycles. The lowest BCUT2D eigenvalue weighted by Crippen LogP contribution is -1.97. The van der Waals surface area contributed by atoms with Crippen molar-refractivity contribution in [2.45, 2.75) is 66.2 Å². The lowest BCUT2D eigenvalue weighted by atomic mass is 9.95. The van der Waals surface area contributed by atoms with Crippen molar-refractivity contribution >= 4 is 0 Å². The zero-order chi connectivity index (χ0) is 18.3. The van der Waals surface area contributed by atoms with Crippen LogP contribution in [0.15, 0.2) is 36.4 Å².